The van der Waals surface area contributed by atoms with Gasteiger partial charge in [-0.15, -0.1) is 0 Å². The molecule has 0 amide bonds. The van der Waals surface area contributed by atoms with Gasteiger partial charge in [0.1, 0.15) is 18.0 Å². The summed E-state index contributed by atoms with van der Waals surface area (Å²) in [4.78, 5) is 11.6. The van der Waals surface area contributed by atoms with E-state index in [1.165, 1.54) is 6.33 Å². The normalized spacial score (nSPS) is 8.22. The van der Waals surface area contributed by atoms with Crippen LogP contribution in [0.25, 0.3) is 0 Å². The van der Waals surface area contributed by atoms with Gasteiger partial charge in [0, 0.05) is 0 Å². The van der Waals surface area contributed by atoms with Gasteiger partial charge in [-0.2, -0.15) is 0 Å². The van der Waals surface area contributed by atoms with Gasteiger partial charge in [0.2, 0.25) is 0 Å². The van der Waals surface area contributed by atoms with Crippen molar-refractivity contribution in [1.29, 1.82) is 0 Å². The fourth-order valence-electron chi connectivity index (χ4n) is 0.488. The lowest BCUT2D eigenvalue weighted by atomic mass is 10.6. The van der Waals surface area contributed by atoms with Crippen molar-refractivity contribution in [1.82, 2.24) is 21.1 Å². The highest BCUT2D eigenvalue weighted by atomic mass is 15.0. The van der Waals surface area contributed by atoms with Crippen molar-refractivity contribution in [2.75, 3.05) is 0 Å². The third-order valence-electron chi connectivity index (χ3n) is 0.813. The van der Waals surface area contributed by atoms with Crippen LogP contribution in [0.3, 0.4) is 0 Å². The van der Waals surface area contributed by atoms with Gasteiger partial charge in [-0.3, -0.25) is 0 Å². The van der Waals surface area contributed by atoms with Gasteiger partial charge in [-0.1, -0.05) is 0 Å². The Bertz CT molecular complexity index is 169. The summed E-state index contributed by atoms with van der Waals surface area (Å²) in [6.45, 7) is 3.68. The summed E-state index contributed by atoms with van der Waals surface area (Å²) in [5.74, 6) is 1.55. The van der Waals surface area contributed by atoms with Gasteiger partial charge in [0.05, 0.1) is 0 Å². The maximum absolute atomic E-state index is 3.95. The highest BCUT2D eigenvalue weighted by Gasteiger charge is 1.84. The molecule has 0 saturated heterocycles. The molecule has 0 fully saturated rings. The third-order valence-corrected chi connectivity index (χ3v) is 0.813. The lowest BCUT2D eigenvalue weighted by molar-refractivity contribution is 0.920. The number of hydrogen-bond donors (Lipinski definition) is 1. The van der Waals surface area contributed by atoms with Crippen LogP contribution >= 0.6 is 0 Å². The molecule has 0 radical (unpaired) electrons. The molecule has 0 aliphatic heterocycles. The molecule has 0 aliphatic carbocycles. The van der Waals surface area contributed by atoms with Crippen LogP contribution in [0, 0.1) is 13.8 Å². The van der Waals surface area contributed by atoms with Crippen molar-refractivity contribution in [2.24, 2.45) is 0 Å². The molecule has 0 spiro atoms. The monoisotopic (exact) mass is 126 g/mol. The molecule has 1 aromatic rings. The fraction of sp³-hybridized carbons (Fsp3) is 0.400. The van der Waals surface area contributed by atoms with Crippen LogP contribution < -0.4 is 6.15 Å². The Hall–Kier alpha value is -1.03. The molecule has 50 valence electrons. The van der Waals surface area contributed by atoms with Crippen molar-refractivity contribution in [3.8, 4) is 0 Å². The average Bonchev–Trinajstić information content (AvgIpc) is 1.64. The first-order valence-electron chi connectivity index (χ1n) is 2.41. The molecule has 0 saturated carbocycles. The molecule has 0 bridgehead atoms. The number of hydrogen-bond acceptors (Lipinski definition) is 4. The Balaban J connectivity index is 0.000000640. The van der Waals surface area contributed by atoms with Gasteiger partial charge in [0.25, 0.3) is 0 Å². The van der Waals surface area contributed by atoms with Crippen molar-refractivity contribution < 1.29 is 0 Å². The smallest absolute Gasteiger partial charge is 0.129 e. The minimum absolute atomic E-state index is 0. The zero-order valence-corrected chi connectivity index (χ0v) is 5.63. The van der Waals surface area contributed by atoms with E-state index in [1.807, 2.05) is 13.8 Å². The second-order valence-electron chi connectivity index (χ2n) is 1.58. The molecule has 1 aromatic heterocycles. The standard InChI is InChI=1S/C5H7N3.H3N/c1-4-6-3-7-5(2)8-4;/h3H,1-2H3;1H3. The predicted octanol–water partition coefficient (Wildman–Crippen LogP) is 0.650. The molecule has 9 heavy (non-hydrogen) atoms. The third kappa shape index (κ3) is 2.14. The summed E-state index contributed by atoms with van der Waals surface area (Å²) in [5, 5.41) is 0. The van der Waals surface area contributed by atoms with E-state index in [0.717, 1.165) is 11.6 Å². The summed E-state index contributed by atoms with van der Waals surface area (Å²) in [6.07, 6.45) is 1.51. The van der Waals surface area contributed by atoms with Crippen molar-refractivity contribution in [3.63, 3.8) is 0 Å². The van der Waals surface area contributed by atoms with Crippen LogP contribution in [0.2, 0.25) is 0 Å². The second kappa shape index (κ2) is 3.09. The summed E-state index contributed by atoms with van der Waals surface area (Å²) in [6, 6.07) is 0. The topological polar surface area (TPSA) is 73.7 Å². The average molecular weight is 126 g/mol. The first-order chi connectivity index (χ1) is 3.79. The summed E-state index contributed by atoms with van der Waals surface area (Å²) in [7, 11) is 0. The van der Waals surface area contributed by atoms with Crippen LogP contribution in [0.15, 0.2) is 6.33 Å². The minimum Gasteiger partial charge on any atom is -0.344 e. The molecule has 1 heterocycles. The van der Waals surface area contributed by atoms with E-state index in [4.69, 9.17) is 0 Å². The molecule has 4 nitrogen and oxygen atoms in total. The van der Waals surface area contributed by atoms with Gasteiger partial charge < -0.3 is 6.15 Å². The van der Waals surface area contributed by atoms with Crippen molar-refractivity contribution in [2.45, 2.75) is 13.8 Å². The first kappa shape index (κ1) is 7.97. The largest absolute Gasteiger partial charge is 0.344 e. The van der Waals surface area contributed by atoms with Crippen molar-refractivity contribution >= 4 is 0 Å². The van der Waals surface area contributed by atoms with Crippen LogP contribution in [-0.2, 0) is 0 Å². The number of rotatable bonds is 0. The number of nitrogens with zero attached hydrogens (tertiary/aromatic N) is 3. The Morgan fingerprint density at radius 2 is 1.56 bits per heavy atom. The lowest BCUT2D eigenvalue weighted by Crippen LogP contribution is -1.91. The fourth-order valence-corrected chi connectivity index (χ4v) is 0.488. The van der Waals surface area contributed by atoms with Crippen LogP contribution in [0.5, 0.6) is 0 Å². The maximum atomic E-state index is 3.95. The van der Waals surface area contributed by atoms with E-state index < -0.39 is 0 Å². The van der Waals surface area contributed by atoms with E-state index in [1.54, 1.807) is 0 Å². The molecule has 0 aliphatic rings. The Labute approximate surface area is 54.0 Å². The predicted molar refractivity (Wildman–Crippen MR) is 34.3 cm³/mol. The number of aromatic nitrogens is 3. The second-order valence-corrected chi connectivity index (χ2v) is 1.58. The molecular formula is C5H10N4. The van der Waals surface area contributed by atoms with E-state index in [2.05, 4.69) is 15.0 Å². The highest BCUT2D eigenvalue weighted by Crippen LogP contribution is 1.83. The quantitative estimate of drug-likeness (QED) is 0.553. The Morgan fingerprint density at radius 1 is 1.11 bits per heavy atom. The minimum atomic E-state index is 0. The molecular weight excluding hydrogens is 116 g/mol. The van der Waals surface area contributed by atoms with Crippen LogP contribution in [0.4, 0.5) is 0 Å². The summed E-state index contributed by atoms with van der Waals surface area (Å²) >= 11 is 0. The molecule has 0 unspecified atom stereocenters. The Kier molecular flexibility index (Phi) is 2.73. The first-order valence-corrected chi connectivity index (χ1v) is 2.41. The van der Waals surface area contributed by atoms with Crippen LogP contribution in [-0.4, -0.2) is 15.0 Å². The maximum Gasteiger partial charge on any atom is 0.129 e. The summed E-state index contributed by atoms with van der Waals surface area (Å²) in [5.41, 5.74) is 0. The lowest BCUT2D eigenvalue weighted by Gasteiger charge is -1.88. The van der Waals surface area contributed by atoms with E-state index in [9.17, 15) is 0 Å². The van der Waals surface area contributed by atoms with E-state index >= 15 is 0 Å². The Morgan fingerprint density at radius 3 is 1.78 bits per heavy atom. The zero-order valence-electron chi connectivity index (χ0n) is 5.63. The molecule has 3 N–H and O–H groups in total. The summed E-state index contributed by atoms with van der Waals surface area (Å²) < 4.78 is 0. The van der Waals surface area contributed by atoms with Crippen molar-refractivity contribution in [3.05, 3.63) is 18.0 Å². The highest BCUT2D eigenvalue weighted by molar-refractivity contribution is 4.83. The van der Waals surface area contributed by atoms with E-state index in [-0.39, 0.29) is 6.15 Å². The van der Waals surface area contributed by atoms with Gasteiger partial charge in [0.15, 0.2) is 0 Å². The van der Waals surface area contributed by atoms with E-state index in [0.29, 0.717) is 0 Å². The van der Waals surface area contributed by atoms with Gasteiger partial charge in [-0.05, 0) is 13.8 Å². The van der Waals surface area contributed by atoms with Gasteiger partial charge >= 0.3 is 0 Å². The molecule has 4 heteroatoms. The number of aryl methyl sites for hydroxylation is 2. The van der Waals surface area contributed by atoms with Crippen LogP contribution in [0.1, 0.15) is 11.6 Å². The molecule has 0 aromatic carbocycles. The molecule has 1 rings (SSSR count). The molecule has 0 atom stereocenters. The van der Waals surface area contributed by atoms with Gasteiger partial charge in [-0.25, -0.2) is 15.0 Å². The zero-order chi connectivity index (χ0) is 5.98. The SMILES string of the molecule is Cc1ncnc(C)n1.N.